The van der Waals surface area contributed by atoms with Gasteiger partial charge in [-0.1, -0.05) is 60.7 Å². The minimum atomic E-state index is -0.267. The van der Waals surface area contributed by atoms with Gasteiger partial charge in [0, 0.05) is 18.2 Å². The van der Waals surface area contributed by atoms with Gasteiger partial charge in [0.05, 0.1) is 22.1 Å². The van der Waals surface area contributed by atoms with Crippen LogP contribution in [0, 0.1) is 0 Å². The summed E-state index contributed by atoms with van der Waals surface area (Å²) in [5.41, 5.74) is 4.19. The van der Waals surface area contributed by atoms with E-state index in [0.29, 0.717) is 33.5 Å². The van der Waals surface area contributed by atoms with Gasteiger partial charge in [0.2, 0.25) is 0 Å². The molecule has 140 valence electrons. The molecule has 5 aromatic rings. The molecule has 0 radical (unpaired) electrons. The Kier molecular flexibility index (Phi) is 3.84. The molecule has 0 aliphatic rings. The summed E-state index contributed by atoms with van der Waals surface area (Å²) in [5.74, 6) is 0. The van der Waals surface area contributed by atoms with Crippen LogP contribution in [0.15, 0.2) is 82.4 Å². The van der Waals surface area contributed by atoms with Crippen molar-refractivity contribution in [2.24, 2.45) is 7.05 Å². The number of hydrogen-bond donors (Lipinski definition) is 1. The third kappa shape index (κ3) is 2.82. The van der Waals surface area contributed by atoms with Gasteiger partial charge in [-0.05, 0) is 12.1 Å². The number of benzene rings is 3. The number of nitrogens with zero attached hydrogens (tertiary/aromatic N) is 3. The SMILES string of the molecule is Cn1c(=O)c(-c2ccccc2)nc2cc3[nH]c(=O)c(-c4ccccc4)nc3cc21. The molecule has 2 heterocycles. The first-order chi connectivity index (χ1) is 14.1. The van der Waals surface area contributed by atoms with Gasteiger partial charge in [0.1, 0.15) is 11.4 Å². The molecule has 2 aromatic heterocycles. The summed E-state index contributed by atoms with van der Waals surface area (Å²) >= 11 is 0. The summed E-state index contributed by atoms with van der Waals surface area (Å²) in [6.07, 6.45) is 0. The van der Waals surface area contributed by atoms with Crippen LogP contribution in [0.25, 0.3) is 44.6 Å². The lowest BCUT2D eigenvalue weighted by molar-refractivity contribution is 0.896. The molecule has 0 bridgehead atoms. The van der Waals surface area contributed by atoms with Gasteiger partial charge in [-0.25, -0.2) is 9.97 Å². The van der Waals surface area contributed by atoms with Gasteiger partial charge in [0.25, 0.3) is 11.1 Å². The Morgan fingerprint density at radius 2 is 1.34 bits per heavy atom. The maximum atomic E-state index is 12.9. The molecule has 0 aliphatic heterocycles. The minimum absolute atomic E-state index is 0.184. The van der Waals surface area contributed by atoms with Crippen molar-refractivity contribution in [3.63, 3.8) is 0 Å². The summed E-state index contributed by atoms with van der Waals surface area (Å²) in [6.45, 7) is 0. The van der Waals surface area contributed by atoms with Gasteiger partial charge in [-0.15, -0.1) is 0 Å². The van der Waals surface area contributed by atoms with E-state index in [1.165, 1.54) is 0 Å². The molecule has 29 heavy (non-hydrogen) atoms. The number of hydrogen-bond acceptors (Lipinski definition) is 4. The molecule has 0 fully saturated rings. The summed E-state index contributed by atoms with van der Waals surface area (Å²) in [4.78, 5) is 37.5. The summed E-state index contributed by atoms with van der Waals surface area (Å²) in [5, 5.41) is 0. The quantitative estimate of drug-likeness (QED) is 0.475. The Bertz CT molecular complexity index is 1490. The Hall–Kier alpha value is -4.06. The number of aromatic nitrogens is 4. The molecule has 0 unspecified atom stereocenters. The van der Waals surface area contributed by atoms with Crippen molar-refractivity contribution in [3.8, 4) is 22.5 Å². The van der Waals surface area contributed by atoms with Crippen LogP contribution < -0.4 is 11.1 Å². The van der Waals surface area contributed by atoms with Gasteiger partial charge < -0.3 is 9.55 Å². The highest BCUT2D eigenvalue weighted by atomic mass is 16.1. The highest BCUT2D eigenvalue weighted by Crippen LogP contribution is 2.22. The van der Waals surface area contributed by atoms with Crippen molar-refractivity contribution in [3.05, 3.63) is 93.5 Å². The van der Waals surface area contributed by atoms with E-state index in [9.17, 15) is 9.59 Å². The van der Waals surface area contributed by atoms with E-state index in [4.69, 9.17) is 0 Å². The zero-order valence-electron chi connectivity index (χ0n) is 15.6. The van der Waals surface area contributed by atoms with Crippen molar-refractivity contribution < 1.29 is 0 Å². The molecular formula is C23H16N4O2. The molecule has 3 aromatic carbocycles. The Balaban J connectivity index is 1.79. The second-order valence-corrected chi connectivity index (χ2v) is 6.83. The normalized spacial score (nSPS) is 11.2. The van der Waals surface area contributed by atoms with E-state index in [-0.39, 0.29) is 11.1 Å². The molecule has 0 atom stereocenters. The summed E-state index contributed by atoms with van der Waals surface area (Å²) in [6, 6.07) is 22.2. The number of rotatable bonds is 2. The van der Waals surface area contributed by atoms with Crippen molar-refractivity contribution in [2.45, 2.75) is 0 Å². The van der Waals surface area contributed by atoms with E-state index in [0.717, 1.165) is 11.1 Å². The van der Waals surface area contributed by atoms with Crippen molar-refractivity contribution in [1.29, 1.82) is 0 Å². The van der Waals surface area contributed by atoms with Crippen LogP contribution in [0.5, 0.6) is 0 Å². The second kappa shape index (κ2) is 6.53. The summed E-state index contributed by atoms with van der Waals surface area (Å²) < 4.78 is 1.57. The molecular weight excluding hydrogens is 364 g/mol. The minimum Gasteiger partial charge on any atom is -0.319 e. The van der Waals surface area contributed by atoms with Crippen molar-refractivity contribution in [1.82, 2.24) is 19.5 Å². The predicted octanol–water partition coefficient (Wildman–Crippen LogP) is 3.50. The lowest BCUT2D eigenvalue weighted by Gasteiger charge is -2.10. The van der Waals surface area contributed by atoms with E-state index < -0.39 is 0 Å². The molecule has 6 heteroatoms. The van der Waals surface area contributed by atoms with Gasteiger partial charge in [-0.2, -0.15) is 0 Å². The Morgan fingerprint density at radius 1 is 0.759 bits per heavy atom. The predicted molar refractivity (Wildman–Crippen MR) is 114 cm³/mol. The fraction of sp³-hybridized carbons (Fsp3) is 0.0435. The number of aryl methyl sites for hydroxylation is 1. The fourth-order valence-electron chi connectivity index (χ4n) is 3.48. The molecule has 0 spiro atoms. The molecule has 0 amide bonds. The van der Waals surface area contributed by atoms with Crippen LogP contribution in [0.2, 0.25) is 0 Å². The molecule has 0 saturated heterocycles. The first-order valence-corrected chi connectivity index (χ1v) is 9.17. The van der Waals surface area contributed by atoms with Crippen LogP contribution in [-0.4, -0.2) is 19.5 Å². The zero-order valence-corrected chi connectivity index (χ0v) is 15.6. The van der Waals surface area contributed by atoms with Crippen LogP contribution in [0.1, 0.15) is 0 Å². The molecule has 0 saturated carbocycles. The van der Waals surface area contributed by atoms with E-state index in [2.05, 4.69) is 15.0 Å². The maximum Gasteiger partial charge on any atom is 0.277 e. The standard InChI is InChI=1S/C23H16N4O2/c1-27-19-13-17-16(26-22(28)20(24-17)14-8-4-2-5-9-14)12-18(19)25-21(23(27)29)15-10-6-3-7-11-15/h2-13H,1H3,(H,26,28). The average Bonchev–Trinajstić information content (AvgIpc) is 2.76. The topological polar surface area (TPSA) is 80.6 Å². The Labute approximate surface area is 165 Å². The average molecular weight is 380 g/mol. The first-order valence-electron chi connectivity index (χ1n) is 9.17. The van der Waals surface area contributed by atoms with E-state index >= 15 is 0 Å². The second-order valence-electron chi connectivity index (χ2n) is 6.83. The van der Waals surface area contributed by atoms with E-state index in [1.807, 2.05) is 60.7 Å². The zero-order chi connectivity index (χ0) is 20.0. The van der Waals surface area contributed by atoms with Gasteiger partial charge >= 0.3 is 0 Å². The molecule has 1 N–H and O–H groups in total. The van der Waals surface area contributed by atoms with Crippen LogP contribution in [0.4, 0.5) is 0 Å². The third-order valence-electron chi connectivity index (χ3n) is 4.98. The van der Waals surface area contributed by atoms with Gasteiger partial charge in [0.15, 0.2) is 0 Å². The number of fused-ring (bicyclic) bond motifs is 2. The smallest absolute Gasteiger partial charge is 0.277 e. The Morgan fingerprint density at radius 3 is 2.00 bits per heavy atom. The largest absolute Gasteiger partial charge is 0.319 e. The van der Waals surface area contributed by atoms with Crippen molar-refractivity contribution in [2.75, 3.05) is 0 Å². The monoisotopic (exact) mass is 380 g/mol. The fourth-order valence-corrected chi connectivity index (χ4v) is 3.48. The van der Waals surface area contributed by atoms with Crippen molar-refractivity contribution >= 4 is 22.1 Å². The lowest BCUT2D eigenvalue weighted by Crippen LogP contribution is -2.21. The summed E-state index contributed by atoms with van der Waals surface area (Å²) in [7, 11) is 1.72. The highest BCUT2D eigenvalue weighted by molar-refractivity contribution is 5.92. The number of H-pyrrole nitrogens is 1. The highest BCUT2D eigenvalue weighted by Gasteiger charge is 2.13. The maximum absolute atomic E-state index is 12.9. The third-order valence-corrected chi connectivity index (χ3v) is 4.98. The lowest BCUT2D eigenvalue weighted by atomic mass is 10.1. The van der Waals surface area contributed by atoms with Crippen LogP contribution in [0.3, 0.4) is 0 Å². The van der Waals surface area contributed by atoms with Crippen LogP contribution in [-0.2, 0) is 7.05 Å². The number of aromatic amines is 1. The molecule has 0 aliphatic carbocycles. The molecule has 6 nitrogen and oxygen atoms in total. The first kappa shape index (κ1) is 17.1. The van der Waals surface area contributed by atoms with Crippen LogP contribution >= 0.6 is 0 Å². The number of nitrogens with one attached hydrogen (secondary N) is 1. The molecule has 5 rings (SSSR count). The van der Waals surface area contributed by atoms with E-state index in [1.54, 1.807) is 23.7 Å². The van der Waals surface area contributed by atoms with Gasteiger partial charge in [-0.3, -0.25) is 9.59 Å².